The van der Waals surface area contributed by atoms with Crippen LogP contribution >= 0.6 is 7.92 Å². The highest BCUT2D eigenvalue weighted by atomic mass is 31.1. The lowest BCUT2D eigenvalue weighted by Gasteiger charge is -2.42. The molecule has 1 heterocycles. The molecule has 0 bridgehead atoms. The second-order valence-electron chi connectivity index (χ2n) is 15.7. The van der Waals surface area contributed by atoms with Crippen molar-refractivity contribution in [1.82, 2.24) is 0 Å². The molecule has 5 aromatic carbocycles. The van der Waals surface area contributed by atoms with Crippen molar-refractivity contribution in [2.75, 3.05) is 0 Å². The number of hydrogen-bond donors (Lipinski definition) is 0. The molecule has 1 aliphatic heterocycles. The molecule has 5 nitrogen and oxygen atoms in total. The van der Waals surface area contributed by atoms with E-state index in [1.165, 1.54) is 27.6 Å². The number of aryl methyl sites for hydroxylation is 2. The Bertz CT molecular complexity index is 1920. The quantitative estimate of drug-likeness (QED) is 0.112. The van der Waals surface area contributed by atoms with Gasteiger partial charge in [-0.15, -0.1) is 0 Å². The lowest BCUT2D eigenvalue weighted by atomic mass is 9.95. The van der Waals surface area contributed by atoms with Crippen LogP contribution in [-0.2, 0) is 4.79 Å². The second kappa shape index (κ2) is 17.5. The normalized spacial score (nSPS) is 17.3. The third kappa shape index (κ3) is 8.94. The van der Waals surface area contributed by atoms with Gasteiger partial charge in [0.05, 0.1) is 35.5 Å². The molecule has 2 unspecified atom stereocenters. The van der Waals surface area contributed by atoms with Crippen LogP contribution in [0.4, 0.5) is 0 Å². The van der Waals surface area contributed by atoms with Gasteiger partial charge >= 0.3 is 0 Å². The number of rotatable bonds is 13. The molecule has 0 amide bonds. The van der Waals surface area contributed by atoms with Crippen LogP contribution in [0.5, 0.6) is 23.0 Å². The molecule has 0 aromatic heterocycles. The van der Waals surface area contributed by atoms with E-state index in [0.29, 0.717) is 18.6 Å². The zero-order chi connectivity index (χ0) is 39.4. The molecule has 5 aromatic rings. The minimum atomic E-state index is -1.17. The maximum Gasteiger partial charge on any atom is 0.134 e. The van der Waals surface area contributed by atoms with Gasteiger partial charge in [-0.25, -0.2) is 0 Å². The van der Waals surface area contributed by atoms with Gasteiger partial charge in [0, 0.05) is 24.2 Å². The first-order valence-corrected chi connectivity index (χ1v) is 21.3. The fraction of sp³-hybridized carbons (Fsp3) is 0.367. The Balaban J connectivity index is 1.82. The fourth-order valence-electron chi connectivity index (χ4n) is 7.87. The fourth-order valence-corrected chi connectivity index (χ4v) is 11.8. The number of ether oxygens (including phenoxy) is 4. The van der Waals surface area contributed by atoms with Crippen LogP contribution in [0.3, 0.4) is 0 Å². The number of ketones is 1. The van der Waals surface area contributed by atoms with E-state index in [-0.39, 0.29) is 35.7 Å². The molecule has 2 atom stereocenters. The third-order valence-electron chi connectivity index (χ3n) is 9.87. The van der Waals surface area contributed by atoms with Crippen LogP contribution in [0, 0.1) is 13.8 Å². The van der Waals surface area contributed by atoms with Crippen molar-refractivity contribution in [3.05, 3.63) is 125 Å². The standard InChI is InChI=1S/C49H57O5P/c1-30(2)51-41-24-16-25-42(52-31(3)4)47(41)39-22-15-23-40(48-43(53-32(5)6)26-17-27-44(48)54-33(7)8)49(39)55-45(37-20-13-11-18-34(37)9)28-36(50)29-46(55)38-21-14-12-19-35(38)10/h11-27,30-33,45-46H,28-29H2,1-10H3. The van der Waals surface area contributed by atoms with Crippen molar-refractivity contribution in [1.29, 1.82) is 0 Å². The lowest BCUT2D eigenvalue weighted by Crippen LogP contribution is -2.27. The number of carbonyl (C=O) groups is 1. The van der Waals surface area contributed by atoms with Gasteiger partial charge in [-0.3, -0.25) is 4.79 Å². The smallest absolute Gasteiger partial charge is 0.134 e. The first-order chi connectivity index (χ1) is 26.3. The van der Waals surface area contributed by atoms with E-state index in [1.54, 1.807) is 0 Å². The molecule has 1 aliphatic rings. The highest BCUT2D eigenvalue weighted by Gasteiger charge is 2.43. The van der Waals surface area contributed by atoms with Gasteiger partial charge in [-0.05, 0) is 132 Å². The summed E-state index contributed by atoms with van der Waals surface area (Å²) in [6.45, 7) is 20.8. The Morgan fingerprint density at radius 1 is 0.473 bits per heavy atom. The third-order valence-corrected chi connectivity index (χ3v) is 13.1. The Hall–Kier alpha value is -4.60. The van der Waals surface area contributed by atoms with Crippen LogP contribution < -0.4 is 24.3 Å². The number of carbonyl (C=O) groups excluding carboxylic acids is 1. The van der Waals surface area contributed by atoms with Gasteiger partial charge in [-0.1, -0.05) is 86.8 Å². The minimum absolute atomic E-state index is 0.0535. The first-order valence-electron chi connectivity index (χ1n) is 19.8. The molecular formula is C49H57O5P. The molecule has 288 valence electrons. The Kier molecular flexibility index (Phi) is 12.7. The molecule has 6 rings (SSSR count). The summed E-state index contributed by atoms with van der Waals surface area (Å²) < 4.78 is 26.7. The van der Waals surface area contributed by atoms with Gasteiger partial charge in [0.2, 0.25) is 0 Å². The molecule has 0 radical (unpaired) electrons. The SMILES string of the molecule is Cc1ccccc1C1CC(=O)CC(c2ccccc2C)P1c1c(-c2c(OC(C)C)cccc2OC(C)C)cccc1-c1c(OC(C)C)cccc1OC(C)C. The number of Topliss-reactive ketones (excluding diaryl/α,β-unsaturated/α-hetero) is 1. The molecule has 0 N–H and O–H groups in total. The summed E-state index contributed by atoms with van der Waals surface area (Å²) in [4.78, 5) is 14.2. The van der Waals surface area contributed by atoms with Gasteiger partial charge < -0.3 is 18.9 Å². The second-order valence-corrected chi connectivity index (χ2v) is 18.2. The van der Waals surface area contributed by atoms with Crippen molar-refractivity contribution >= 4 is 19.0 Å². The average Bonchev–Trinajstić information content (AvgIpc) is 3.11. The van der Waals surface area contributed by atoms with Crippen LogP contribution in [-0.4, -0.2) is 30.2 Å². The van der Waals surface area contributed by atoms with E-state index >= 15 is 0 Å². The summed E-state index contributed by atoms with van der Waals surface area (Å²) in [5.74, 6) is 3.35. The van der Waals surface area contributed by atoms with E-state index in [1.807, 2.05) is 12.1 Å². The van der Waals surface area contributed by atoms with E-state index < -0.39 is 7.92 Å². The Labute approximate surface area is 330 Å². The first kappa shape index (κ1) is 40.1. The van der Waals surface area contributed by atoms with Crippen LogP contribution in [0.1, 0.15) is 102 Å². The van der Waals surface area contributed by atoms with Crippen molar-refractivity contribution in [3.8, 4) is 45.3 Å². The maximum atomic E-state index is 14.2. The van der Waals surface area contributed by atoms with Crippen molar-refractivity contribution in [2.24, 2.45) is 0 Å². The number of benzene rings is 5. The Morgan fingerprint density at radius 3 is 1.13 bits per heavy atom. The van der Waals surface area contributed by atoms with Crippen LogP contribution in [0.25, 0.3) is 22.3 Å². The van der Waals surface area contributed by atoms with Crippen LogP contribution in [0.15, 0.2) is 103 Å². The molecule has 0 saturated carbocycles. The molecule has 6 heteroatoms. The highest BCUT2D eigenvalue weighted by molar-refractivity contribution is 7.67. The summed E-state index contributed by atoms with van der Waals surface area (Å²) >= 11 is 0. The summed E-state index contributed by atoms with van der Waals surface area (Å²) in [6.07, 6.45) is 0.663. The van der Waals surface area contributed by atoms with Gasteiger partial charge in [0.1, 0.15) is 28.8 Å². The topological polar surface area (TPSA) is 54.0 Å². The van der Waals surface area contributed by atoms with Crippen molar-refractivity contribution in [3.63, 3.8) is 0 Å². The zero-order valence-corrected chi connectivity index (χ0v) is 35.1. The summed E-state index contributed by atoms with van der Waals surface area (Å²) in [5.41, 5.74) is 8.63. The van der Waals surface area contributed by atoms with Crippen LogP contribution in [0.2, 0.25) is 0 Å². The largest absolute Gasteiger partial charge is 0.490 e. The van der Waals surface area contributed by atoms with Gasteiger partial charge in [-0.2, -0.15) is 0 Å². The lowest BCUT2D eigenvalue weighted by molar-refractivity contribution is -0.119. The Morgan fingerprint density at radius 2 is 0.800 bits per heavy atom. The van der Waals surface area contributed by atoms with Crippen molar-refractivity contribution in [2.45, 2.75) is 118 Å². The average molecular weight is 757 g/mol. The molecule has 0 spiro atoms. The van der Waals surface area contributed by atoms with Gasteiger partial charge in [0.25, 0.3) is 0 Å². The van der Waals surface area contributed by atoms with Crippen molar-refractivity contribution < 1.29 is 23.7 Å². The van der Waals surface area contributed by atoms with E-state index in [0.717, 1.165) is 45.3 Å². The highest BCUT2D eigenvalue weighted by Crippen LogP contribution is 2.69. The monoisotopic (exact) mass is 756 g/mol. The molecule has 0 aliphatic carbocycles. The summed E-state index contributed by atoms with van der Waals surface area (Å²) in [5, 5.41) is 1.19. The summed E-state index contributed by atoms with van der Waals surface area (Å²) in [7, 11) is -1.17. The zero-order valence-electron chi connectivity index (χ0n) is 34.2. The van der Waals surface area contributed by atoms with E-state index in [9.17, 15) is 4.79 Å². The molecule has 1 fully saturated rings. The predicted octanol–water partition coefficient (Wildman–Crippen LogP) is 12.7. The molecular weight excluding hydrogens is 700 g/mol. The summed E-state index contributed by atoms with van der Waals surface area (Å²) in [6, 6.07) is 36.1. The van der Waals surface area contributed by atoms with E-state index in [2.05, 4.69) is 160 Å². The maximum absolute atomic E-state index is 14.2. The number of hydrogen-bond acceptors (Lipinski definition) is 5. The minimum Gasteiger partial charge on any atom is -0.490 e. The molecule has 1 saturated heterocycles. The van der Waals surface area contributed by atoms with E-state index in [4.69, 9.17) is 18.9 Å². The molecule has 55 heavy (non-hydrogen) atoms. The van der Waals surface area contributed by atoms with Gasteiger partial charge in [0.15, 0.2) is 0 Å². The predicted molar refractivity (Wildman–Crippen MR) is 229 cm³/mol.